The van der Waals surface area contributed by atoms with Crippen LogP contribution in [0.3, 0.4) is 0 Å². The van der Waals surface area contributed by atoms with E-state index in [9.17, 15) is 9.90 Å². The van der Waals surface area contributed by atoms with Crippen molar-refractivity contribution in [1.29, 1.82) is 0 Å². The van der Waals surface area contributed by atoms with Gasteiger partial charge in [-0.05, 0) is 37.2 Å². The van der Waals surface area contributed by atoms with E-state index in [1.807, 2.05) is 0 Å². The molecule has 114 valence electrons. The van der Waals surface area contributed by atoms with Gasteiger partial charge in [-0.1, -0.05) is 30.3 Å². The zero-order valence-electron chi connectivity index (χ0n) is 12.4. The van der Waals surface area contributed by atoms with E-state index in [1.54, 1.807) is 0 Å². The lowest BCUT2D eigenvalue weighted by molar-refractivity contribution is -0.145. The average molecular weight is 288 g/mol. The molecule has 1 aromatic rings. The second kappa shape index (κ2) is 6.58. The monoisotopic (exact) mass is 288 g/mol. The summed E-state index contributed by atoms with van der Waals surface area (Å²) in [4.78, 5) is 13.6. The van der Waals surface area contributed by atoms with Crippen molar-refractivity contribution in [2.24, 2.45) is 0 Å². The summed E-state index contributed by atoms with van der Waals surface area (Å²) in [6, 6.07) is 10.8. The number of hydrogen-bond donors (Lipinski definition) is 2. The van der Waals surface area contributed by atoms with Gasteiger partial charge in [-0.2, -0.15) is 0 Å². The lowest BCUT2D eigenvalue weighted by atomic mass is 9.81. The largest absolute Gasteiger partial charge is 0.480 e. The lowest BCUT2D eigenvalue weighted by Crippen LogP contribution is -2.58. The van der Waals surface area contributed by atoms with E-state index in [2.05, 4.69) is 40.5 Å². The van der Waals surface area contributed by atoms with E-state index in [4.69, 9.17) is 0 Å². The first kappa shape index (κ1) is 14.5. The highest BCUT2D eigenvalue weighted by Gasteiger charge is 2.35. The van der Waals surface area contributed by atoms with Crippen molar-refractivity contribution in [2.75, 3.05) is 19.6 Å². The van der Waals surface area contributed by atoms with Crippen LogP contribution in [-0.4, -0.2) is 47.7 Å². The molecule has 0 spiro atoms. The van der Waals surface area contributed by atoms with Crippen molar-refractivity contribution in [3.8, 4) is 0 Å². The molecule has 1 atom stereocenters. The van der Waals surface area contributed by atoms with Crippen LogP contribution in [0, 0.1) is 0 Å². The van der Waals surface area contributed by atoms with Gasteiger partial charge in [0.1, 0.15) is 6.04 Å². The summed E-state index contributed by atoms with van der Waals surface area (Å²) in [5, 5.41) is 12.6. The van der Waals surface area contributed by atoms with Crippen LogP contribution in [0.15, 0.2) is 30.3 Å². The molecule has 1 aliphatic heterocycles. The Morgan fingerprint density at radius 2 is 1.86 bits per heavy atom. The number of carbonyl (C=O) groups is 1. The van der Waals surface area contributed by atoms with Crippen molar-refractivity contribution in [3.63, 3.8) is 0 Å². The molecule has 0 amide bonds. The van der Waals surface area contributed by atoms with E-state index in [0.29, 0.717) is 18.5 Å². The summed E-state index contributed by atoms with van der Waals surface area (Å²) in [6.45, 7) is 2.34. The van der Waals surface area contributed by atoms with E-state index < -0.39 is 5.97 Å². The Morgan fingerprint density at radius 3 is 2.52 bits per heavy atom. The third kappa shape index (κ3) is 3.27. The number of nitrogens with zero attached hydrogens (tertiary/aromatic N) is 1. The Balaban J connectivity index is 1.61. The molecular formula is C17H24N2O2. The van der Waals surface area contributed by atoms with Crippen LogP contribution in [0.1, 0.15) is 37.2 Å². The summed E-state index contributed by atoms with van der Waals surface area (Å²) in [5.41, 5.74) is 1.44. The lowest BCUT2D eigenvalue weighted by Gasteiger charge is -2.42. The highest BCUT2D eigenvalue weighted by molar-refractivity contribution is 5.74. The maximum absolute atomic E-state index is 11.4. The van der Waals surface area contributed by atoms with Gasteiger partial charge in [-0.25, -0.2) is 0 Å². The quantitative estimate of drug-likeness (QED) is 0.894. The second-order valence-corrected chi connectivity index (χ2v) is 6.21. The van der Waals surface area contributed by atoms with Crippen LogP contribution in [-0.2, 0) is 4.79 Å². The second-order valence-electron chi connectivity index (χ2n) is 6.21. The molecular weight excluding hydrogens is 264 g/mol. The first-order chi connectivity index (χ1) is 10.3. The fourth-order valence-corrected chi connectivity index (χ4v) is 3.85. The Kier molecular flexibility index (Phi) is 4.56. The minimum atomic E-state index is -0.688. The predicted molar refractivity (Wildman–Crippen MR) is 82.4 cm³/mol. The highest BCUT2D eigenvalue weighted by atomic mass is 16.4. The summed E-state index contributed by atoms with van der Waals surface area (Å²) in [5.74, 6) is -0.0407. The topological polar surface area (TPSA) is 52.6 Å². The summed E-state index contributed by atoms with van der Waals surface area (Å²) < 4.78 is 0. The minimum absolute atomic E-state index is 0.350. The standard InChI is InChI=1S/C17H24N2O2/c20-17(21)16-12-18-10-11-19(16)15-8-6-14(7-9-15)13-4-2-1-3-5-13/h1-5,14-16,18H,6-12H2,(H,20,21). The molecule has 1 saturated heterocycles. The molecule has 0 radical (unpaired) electrons. The number of rotatable bonds is 3. The first-order valence-corrected chi connectivity index (χ1v) is 8.00. The molecule has 4 heteroatoms. The maximum Gasteiger partial charge on any atom is 0.322 e. The molecule has 1 saturated carbocycles. The molecule has 21 heavy (non-hydrogen) atoms. The van der Waals surface area contributed by atoms with Crippen LogP contribution in [0.2, 0.25) is 0 Å². The van der Waals surface area contributed by atoms with E-state index >= 15 is 0 Å². The van der Waals surface area contributed by atoms with Gasteiger partial charge in [-0.15, -0.1) is 0 Å². The number of nitrogens with one attached hydrogen (secondary N) is 1. The number of hydrogen-bond acceptors (Lipinski definition) is 3. The van der Waals surface area contributed by atoms with E-state index in [1.165, 1.54) is 18.4 Å². The van der Waals surface area contributed by atoms with Crippen LogP contribution in [0.4, 0.5) is 0 Å². The molecule has 2 N–H and O–H groups in total. The summed E-state index contributed by atoms with van der Waals surface area (Å²) in [6.07, 6.45) is 4.57. The molecule has 1 unspecified atom stereocenters. The number of carboxylic acids is 1. The molecule has 0 bridgehead atoms. The van der Waals surface area contributed by atoms with Crippen molar-refractivity contribution in [1.82, 2.24) is 10.2 Å². The van der Waals surface area contributed by atoms with Gasteiger partial charge in [0.2, 0.25) is 0 Å². The number of benzene rings is 1. The van der Waals surface area contributed by atoms with Gasteiger partial charge < -0.3 is 10.4 Å². The first-order valence-electron chi connectivity index (χ1n) is 8.00. The fourth-order valence-electron chi connectivity index (χ4n) is 3.85. The Bertz CT molecular complexity index is 469. The predicted octanol–water partition coefficient (Wildman–Crippen LogP) is 2.07. The summed E-state index contributed by atoms with van der Waals surface area (Å²) in [7, 11) is 0. The van der Waals surface area contributed by atoms with Gasteiger partial charge in [0.05, 0.1) is 0 Å². The van der Waals surface area contributed by atoms with E-state index in [0.717, 1.165) is 25.9 Å². The third-order valence-corrected chi connectivity index (χ3v) is 5.01. The normalized spacial score (nSPS) is 31.0. The summed E-state index contributed by atoms with van der Waals surface area (Å²) >= 11 is 0. The maximum atomic E-state index is 11.4. The molecule has 2 fully saturated rings. The van der Waals surface area contributed by atoms with Gasteiger partial charge in [0.25, 0.3) is 0 Å². The molecule has 1 aromatic carbocycles. The zero-order chi connectivity index (χ0) is 14.7. The number of carboxylic acid groups (broad SMARTS) is 1. The molecule has 1 aliphatic carbocycles. The van der Waals surface area contributed by atoms with Crippen LogP contribution < -0.4 is 5.32 Å². The SMILES string of the molecule is O=C(O)C1CNCCN1C1CCC(c2ccccc2)CC1. The van der Waals surface area contributed by atoms with Crippen LogP contribution >= 0.6 is 0 Å². The number of piperazine rings is 1. The molecule has 3 rings (SSSR count). The molecule has 1 heterocycles. The average Bonchev–Trinajstić information content (AvgIpc) is 2.56. The van der Waals surface area contributed by atoms with Gasteiger partial charge >= 0.3 is 5.97 Å². The highest BCUT2D eigenvalue weighted by Crippen LogP contribution is 2.35. The fraction of sp³-hybridized carbons (Fsp3) is 0.588. The molecule has 4 nitrogen and oxygen atoms in total. The third-order valence-electron chi connectivity index (χ3n) is 5.01. The van der Waals surface area contributed by atoms with Gasteiger partial charge in [0, 0.05) is 25.7 Å². The van der Waals surface area contributed by atoms with E-state index in [-0.39, 0.29) is 6.04 Å². The zero-order valence-corrected chi connectivity index (χ0v) is 12.4. The molecule has 0 aromatic heterocycles. The van der Waals surface area contributed by atoms with Crippen molar-refractivity contribution < 1.29 is 9.90 Å². The van der Waals surface area contributed by atoms with Crippen LogP contribution in [0.5, 0.6) is 0 Å². The van der Waals surface area contributed by atoms with Crippen molar-refractivity contribution >= 4 is 5.97 Å². The Labute approximate surface area is 126 Å². The van der Waals surface area contributed by atoms with Gasteiger partial charge in [-0.3, -0.25) is 9.69 Å². The smallest absolute Gasteiger partial charge is 0.322 e. The minimum Gasteiger partial charge on any atom is -0.480 e. The van der Waals surface area contributed by atoms with Crippen molar-refractivity contribution in [2.45, 2.75) is 43.7 Å². The Morgan fingerprint density at radius 1 is 1.14 bits per heavy atom. The van der Waals surface area contributed by atoms with Crippen LogP contribution in [0.25, 0.3) is 0 Å². The number of aliphatic carboxylic acids is 1. The molecule has 2 aliphatic rings. The Hall–Kier alpha value is -1.39. The van der Waals surface area contributed by atoms with Crippen molar-refractivity contribution in [3.05, 3.63) is 35.9 Å². The van der Waals surface area contributed by atoms with Gasteiger partial charge in [0.15, 0.2) is 0 Å².